The Morgan fingerprint density at radius 2 is 1.91 bits per heavy atom. The fourth-order valence-electron chi connectivity index (χ4n) is 2.62. The van der Waals surface area contributed by atoms with E-state index in [1.54, 1.807) is 11.8 Å². The number of aromatic nitrogens is 3. The lowest BCUT2D eigenvalue weighted by atomic mass is 10.2. The molecular formula is C17H15BrN4S. The van der Waals surface area contributed by atoms with Crippen LogP contribution in [0.3, 0.4) is 0 Å². The number of halogens is 1. The Bertz CT molecular complexity index is 844. The van der Waals surface area contributed by atoms with Crippen LogP contribution in [0.2, 0.25) is 0 Å². The second-order valence-electron chi connectivity index (χ2n) is 5.53. The van der Waals surface area contributed by atoms with E-state index < -0.39 is 0 Å². The summed E-state index contributed by atoms with van der Waals surface area (Å²) in [6, 6.07) is 16.8. The van der Waals surface area contributed by atoms with Crippen LogP contribution in [0.25, 0.3) is 11.4 Å². The number of aryl methyl sites for hydroxylation is 1. The van der Waals surface area contributed by atoms with Gasteiger partial charge in [-0.25, -0.2) is 0 Å². The third kappa shape index (κ3) is 2.88. The summed E-state index contributed by atoms with van der Waals surface area (Å²) < 4.78 is 3.22. The Morgan fingerprint density at radius 3 is 2.70 bits per heavy atom. The van der Waals surface area contributed by atoms with Gasteiger partial charge in [-0.05, 0) is 31.2 Å². The van der Waals surface area contributed by atoms with Gasteiger partial charge in [0.2, 0.25) is 0 Å². The molecule has 4 nitrogen and oxygen atoms in total. The zero-order valence-electron chi connectivity index (χ0n) is 12.6. The predicted octanol–water partition coefficient (Wildman–Crippen LogP) is 4.54. The van der Waals surface area contributed by atoms with Crippen molar-refractivity contribution < 1.29 is 0 Å². The molecule has 1 aliphatic rings. The van der Waals surface area contributed by atoms with E-state index in [1.807, 2.05) is 12.1 Å². The second kappa shape index (κ2) is 6.02. The van der Waals surface area contributed by atoms with E-state index in [4.69, 9.17) is 0 Å². The topological polar surface area (TPSA) is 34.0 Å². The minimum absolute atomic E-state index is 0.764. The molecule has 1 aliphatic heterocycles. The molecule has 6 heteroatoms. The molecule has 0 saturated heterocycles. The molecule has 0 spiro atoms. The Balaban J connectivity index is 1.69. The first-order valence-corrected chi connectivity index (χ1v) is 9.12. The fraction of sp³-hybridized carbons (Fsp3) is 0.176. The molecule has 0 bridgehead atoms. The minimum atomic E-state index is 0.764. The van der Waals surface area contributed by atoms with Crippen LogP contribution < -0.4 is 4.90 Å². The Hall–Kier alpha value is -1.79. The maximum atomic E-state index is 4.40. The van der Waals surface area contributed by atoms with Crippen molar-refractivity contribution in [3.05, 3.63) is 58.6 Å². The SMILES string of the molecule is Cc1ccc(N2CSc3nnc(-c4cccc(Br)c4)n3C2)cc1. The lowest BCUT2D eigenvalue weighted by Gasteiger charge is -2.29. The van der Waals surface area contributed by atoms with Crippen molar-refractivity contribution in [1.29, 1.82) is 0 Å². The van der Waals surface area contributed by atoms with Crippen LogP contribution in [0.15, 0.2) is 58.2 Å². The fourth-order valence-corrected chi connectivity index (χ4v) is 3.92. The Labute approximate surface area is 147 Å². The number of hydrogen-bond donors (Lipinski definition) is 0. The molecule has 0 radical (unpaired) electrons. The second-order valence-corrected chi connectivity index (χ2v) is 7.36. The van der Waals surface area contributed by atoms with Crippen LogP contribution in [0.1, 0.15) is 5.56 Å². The maximum absolute atomic E-state index is 4.40. The third-order valence-electron chi connectivity index (χ3n) is 3.86. The zero-order valence-corrected chi connectivity index (χ0v) is 15.0. The molecule has 0 saturated carbocycles. The summed E-state index contributed by atoms with van der Waals surface area (Å²) in [4.78, 5) is 2.34. The molecule has 116 valence electrons. The molecule has 0 fully saturated rings. The lowest BCUT2D eigenvalue weighted by molar-refractivity contribution is 0.608. The van der Waals surface area contributed by atoms with Gasteiger partial charge < -0.3 is 4.90 Å². The number of thioether (sulfide) groups is 1. The maximum Gasteiger partial charge on any atom is 0.194 e. The number of anilines is 1. The molecule has 4 rings (SSSR count). The van der Waals surface area contributed by atoms with Crippen molar-refractivity contribution >= 4 is 33.4 Å². The van der Waals surface area contributed by atoms with Gasteiger partial charge in [0, 0.05) is 15.7 Å². The molecule has 1 aromatic heterocycles. The largest absolute Gasteiger partial charge is 0.344 e. The van der Waals surface area contributed by atoms with E-state index in [0.29, 0.717) is 0 Å². The van der Waals surface area contributed by atoms with Gasteiger partial charge in [0.1, 0.15) is 0 Å². The minimum Gasteiger partial charge on any atom is -0.344 e. The first-order valence-electron chi connectivity index (χ1n) is 7.34. The highest BCUT2D eigenvalue weighted by Crippen LogP contribution is 2.32. The van der Waals surface area contributed by atoms with Crippen LogP contribution in [0, 0.1) is 6.92 Å². The van der Waals surface area contributed by atoms with E-state index in [0.717, 1.165) is 33.6 Å². The molecule has 0 atom stereocenters. The quantitative estimate of drug-likeness (QED) is 0.647. The highest BCUT2D eigenvalue weighted by molar-refractivity contribution is 9.10. The van der Waals surface area contributed by atoms with E-state index >= 15 is 0 Å². The van der Waals surface area contributed by atoms with Gasteiger partial charge in [-0.1, -0.05) is 57.5 Å². The van der Waals surface area contributed by atoms with Gasteiger partial charge >= 0.3 is 0 Å². The summed E-state index contributed by atoms with van der Waals surface area (Å²) >= 11 is 5.25. The summed E-state index contributed by atoms with van der Waals surface area (Å²) in [7, 11) is 0. The first-order chi connectivity index (χ1) is 11.2. The smallest absolute Gasteiger partial charge is 0.194 e. The van der Waals surface area contributed by atoms with Crippen LogP contribution in [-0.2, 0) is 6.67 Å². The summed E-state index contributed by atoms with van der Waals surface area (Å²) in [6.07, 6.45) is 0. The van der Waals surface area contributed by atoms with Gasteiger partial charge in [-0.3, -0.25) is 4.57 Å². The van der Waals surface area contributed by atoms with Gasteiger partial charge in [0.25, 0.3) is 0 Å². The molecule has 2 aromatic carbocycles. The summed E-state index contributed by atoms with van der Waals surface area (Å²) in [5.41, 5.74) is 3.57. The van der Waals surface area contributed by atoms with Crippen LogP contribution in [0.5, 0.6) is 0 Å². The standard InChI is InChI=1S/C17H15BrN4S/c1-12-5-7-15(8-6-12)21-10-22-16(19-20-17(22)23-11-21)13-3-2-4-14(18)9-13/h2-9H,10-11H2,1H3. The predicted molar refractivity (Wildman–Crippen MR) is 97.5 cm³/mol. The summed E-state index contributed by atoms with van der Waals surface area (Å²) in [5, 5.41) is 9.71. The highest BCUT2D eigenvalue weighted by atomic mass is 79.9. The van der Waals surface area contributed by atoms with E-state index in [-0.39, 0.29) is 0 Å². The summed E-state index contributed by atoms with van der Waals surface area (Å²) in [6.45, 7) is 2.87. The van der Waals surface area contributed by atoms with Crippen molar-refractivity contribution in [3.8, 4) is 11.4 Å². The zero-order chi connectivity index (χ0) is 15.8. The third-order valence-corrected chi connectivity index (χ3v) is 5.35. The van der Waals surface area contributed by atoms with Crippen molar-refractivity contribution in [3.63, 3.8) is 0 Å². The number of nitrogens with zero attached hydrogens (tertiary/aromatic N) is 4. The number of fused-ring (bicyclic) bond motifs is 1. The summed E-state index contributed by atoms with van der Waals surface area (Å²) in [5.74, 6) is 1.80. The van der Waals surface area contributed by atoms with Crippen molar-refractivity contribution in [2.45, 2.75) is 18.7 Å². The monoisotopic (exact) mass is 386 g/mol. The average Bonchev–Trinajstić information content (AvgIpc) is 2.98. The van der Waals surface area contributed by atoms with Crippen molar-refractivity contribution in [2.75, 3.05) is 10.8 Å². The van der Waals surface area contributed by atoms with E-state index in [9.17, 15) is 0 Å². The van der Waals surface area contributed by atoms with Gasteiger partial charge in [0.15, 0.2) is 11.0 Å². The molecule has 2 heterocycles. The Kier molecular flexibility index (Phi) is 3.87. The highest BCUT2D eigenvalue weighted by Gasteiger charge is 2.22. The lowest BCUT2D eigenvalue weighted by Crippen LogP contribution is -2.30. The van der Waals surface area contributed by atoms with Crippen LogP contribution in [-0.4, -0.2) is 20.6 Å². The molecule has 0 unspecified atom stereocenters. The average molecular weight is 387 g/mol. The van der Waals surface area contributed by atoms with Crippen molar-refractivity contribution in [2.24, 2.45) is 0 Å². The number of rotatable bonds is 2. The molecule has 0 N–H and O–H groups in total. The number of benzene rings is 2. The molecule has 3 aromatic rings. The van der Waals surface area contributed by atoms with Crippen LogP contribution in [0.4, 0.5) is 5.69 Å². The van der Waals surface area contributed by atoms with Crippen molar-refractivity contribution in [1.82, 2.24) is 14.8 Å². The van der Waals surface area contributed by atoms with E-state index in [2.05, 4.69) is 78.9 Å². The first kappa shape index (κ1) is 14.8. The molecule has 0 aliphatic carbocycles. The van der Waals surface area contributed by atoms with Crippen LogP contribution >= 0.6 is 27.7 Å². The molecule has 0 amide bonds. The molecular weight excluding hydrogens is 372 g/mol. The van der Waals surface area contributed by atoms with Gasteiger partial charge in [0.05, 0.1) is 12.5 Å². The van der Waals surface area contributed by atoms with Gasteiger partial charge in [-0.15, -0.1) is 10.2 Å². The van der Waals surface area contributed by atoms with Gasteiger partial charge in [-0.2, -0.15) is 0 Å². The normalized spacial score (nSPS) is 13.9. The van der Waals surface area contributed by atoms with E-state index in [1.165, 1.54) is 11.3 Å². The Morgan fingerprint density at radius 1 is 1.09 bits per heavy atom. The molecule has 23 heavy (non-hydrogen) atoms. The number of hydrogen-bond acceptors (Lipinski definition) is 4.